The molecule has 1 saturated heterocycles. The molecule has 0 spiro atoms. The minimum atomic E-state index is -0.0357. The van der Waals surface area contributed by atoms with Gasteiger partial charge in [-0.2, -0.15) is 0 Å². The predicted octanol–water partition coefficient (Wildman–Crippen LogP) is 2.79. The molecule has 1 N–H and O–H groups in total. The van der Waals surface area contributed by atoms with Crippen LogP contribution in [0.15, 0.2) is 22.6 Å². The third-order valence-electron chi connectivity index (χ3n) is 4.63. The maximum atomic E-state index is 12.2. The molecule has 0 bridgehead atoms. The molecule has 114 valence electrons. The Kier molecular flexibility index (Phi) is 4.15. The predicted molar refractivity (Wildman–Crippen MR) is 80.7 cm³/mol. The summed E-state index contributed by atoms with van der Waals surface area (Å²) in [6.07, 6.45) is 7.48. The van der Waals surface area contributed by atoms with Gasteiger partial charge in [0.05, 0.1) is 12.6 Å². The maximum Gasteiger partial charge on any atom is 0.247 e. The summed E-state index contributed by atoms with van der Waals surface area (Å²) >= 11 is 0. The van der Waals surface area contributed by atoms with Gasteiger partial charge in [0.2, 0.25) is 5.91 Å². The Labute approximate surface area is 125 Å². The van der Waals surface area contributed by atoms with Crippen molar-refractivity contribution >= 4 is 12.0 Å². The van der Waals surface area contributed by atoms with Gasteiger partial charge in [-0.1, -0.05) is 6.92 Å². The van der Waals surface area contributed by atoms with Crippen molar-refractivity contribution in [2.24, 2.45) is 5.92 Å². The highest BCUT2D eigenvalue weighted by atomic mass is 16.3. The number of aliphatic hydroxyl groups is 1. The van der Waals surface area contributed by atoms with Gasteiger partial charge in [0.15, 0.2) is 0 Å². The second kappa shape index (κ2) is 6.06. The van der Waals surface area contributed by atoms with Crippen LogP contribution >= 0.6 is 0 Å². The van der Waals surface area contributed by atoms with Gasteiger partial charge in [0.1, 0.15) is 11.5 Å². The number of carbonyl (C=O) groups excluding carboxylic acids is 1. The molecule has 4 nitrogen and oxygen atoms in total. The molecule has 1 aliphatic carbocycles. The fourth-order valence-corrected chi connectivity index (χ4v) is 3.11. The Balaban J connectivity index is 1.62. The van der Waals surface area contributed by atoms with Crippen LogP contribution < -0.4 is 0 Å². The van der Waals surface area contributed by atoms with Crippen molar-refractivity contribution in [1.29, 1.82) is 0 Å². The average Bonchev–Trinajstić information content (AvgIpc) is 3.06. The number of likely N-dealkylation sites (tertiary alicyclic amines) is 1. The molecular weight excluding hydrogens is 266 g/mol. The number of aliphatic hydroxyl groups excluding tert-OH is 1. The molecule has 1 aromatic heterocycles. The normalized spacial score (nSPS) is 29.0. The zero-order valence-corrected chi connectivity index (χ0v) is 12.5. The average molecular weight is 289 g/mol. The van der Waals surface area contributed by atoms with Gasteiger partial charge in [0, 0.05) is 18.5 Å². The number of furan rings is 1. The quantitative estimate of drug-likeness (QED) is 0.867. The van der Waals surface area contributed by atoms with Crippen LogP contribution in [0.3, 0.4) is 0 Å². The van der Waals surface area contributed by atoms with Gasteiger partial charge < -0.3 is 14.4 Å². The van der Waals surface area contributed by atoms with E-state index in [1.807, 2.05) is 12.1 Å². The van der Waals surface area contributed by atoms with E-state index >= 15 is 0 Å². The third kappa shape index (κ3) is 3.21. The molecule has 3 atom stereocenters. The summed E-state index contributed by atoms with van der Waals surface area (Å²) in [5, 5.41) is 9.36. The Morgan fingerprint density at radius 1 is 1.48 bits per heavy atom. The molecule has 3 unspecified atom stereocenters. The Bertz CT molecular complexity index is 534. The highest BCUT2D eigenvalue weighted by Crippen LogP contribution is 2.47. The Hall–Kier alpha value is -1.55. The van der Waals surface area contributed by atoms with Crippen molar-refractivity contribution < 1.29 is 14.3 Å². The van der Waals surface area contributed by atoms with Crippen LogP contribution in [0.25, 0.3) is 6.08 Å². The molecule has 1 aliphatic heterocycles. The number of hydrogen-bond acceptors (Lipinski definition) is 3. The molecule has 4 heteroatoms. The SMILES string of the molecule is CC1CC1c1ccc(/C=C/C(=O)N2CCCCC2CO)o1. The van der Waals surface area contributed by atoms with Crippen molar-refractivity contribution in [3.63, 3.8) is 0 Å². The first-order chi connectivity index (χ1) is 10.2. The monoisotopic (exact) mass is 289 g/mol. The number of nitrogens with zero attached hydrogens (tertiary/aromatic N) is 1. The van der Waals surface area contributed by atoms with E-state index in [1.54, 1.807) is 17.1 Å². The van der Waals surface area contributed by atoms with Gasteiger partial charge in [-0.15, -0.1) is 0 Å². The van der Waals surface area contributed by atoms with Gasteiger partial charge in [-0.25, -0.2) is 0 Å². The molecule has 1 aromatic rings. The number of rotatable bonds is 4. The smallest absolute Gasteiger partial charge is 0.247 e. The number of hydrogen-bond donors (Lipinski definition) is 1. The van der Waals surface area contributed by atoms with E-state index in [2.05, 4.69) is 6.92 Å². The highest BCUT2D eigenvalue weighted by molar-refractivity contribution is 5.91. The molecular formula is C17H23NO3. The van der Waals surface area contributed by atoms with Gasteiger partial charge in [-0.05, 0) is 49.8 Å². The molecule has 1 saturated carbocycles. The van der Waals surface area contributed by atoms with E-state index in [-0.39, 0.29) is 18.6 Å². The van der Waals surface area contributed by atoms with Crippen LogP contribution in [0, 0.1) is 5.92 Å². The molecule has 2 heterocycles. The minimum absolute atomic E-state index is 0.0321. The number of amides is 1. The summed E-state index contributed by atoms with van der Waals surface area (Å²) in [6.45, 7) is 3.00. The van der Waals surface area contributed by atoms with Crippen LogP contribution in [-0.4, -0.2) is 35.1 Å². The lowest BCUT2D eigenvalue weighted by Gasteiger charge is -2.33. The van der Waals surface area contributed by atoms with E-state index in [4.69, 9.17) is 4.42 Å². The van der Waals surface area contributed by atoms with Crippen LogP contribution in [0.2, 0.25) is 0 Å². The summed E-state index contributed by atoms with van der Waals surface area (Å²) in [7, 11) is 0. The van der Waals surface area contributed by atoms with Crippen LogP contribution in [0.1, 0.15) is 50.0 Å². The third-order valence-corrected chi connectivity index (χ3v) is 4.63. The van der Waals surface area contributed by atoms with Crippen molar-refractivity contribution in [1.82, 2.24) is 4.90 Å². The molecule has 2 aliphatic rings. The summed E-state index contributed by atoms with van der Waals surface area (Å²) in [4.78, 5) is 14.0. The van der Waals surface area contributed by atoms with Crippen molar-refractivity contribution in [2.75, 3.05) is 13.2 Å². The Morgan fingerprint density at radius 2 is 2.29 bits per heavy atom. The fraction of sp³-hybridized carbons (Fsp3) is 0.588. The molecule has 0 aromatic carbocycles. The largest absolute Gasteiger partial charge is 0.461 e. The zero-order valence-electron chi connectivity index (χ0n) is 12.5. The number of carbonyl (C=O) groups is 1. The molecule has 1 amide bonds. The maximum absolute atomic E-state index is 12.2. The molecule has 0 radical (unpaired) electrons. The van der Waals surface area contributed by atoms with Gasteiger partial charge in [0.25, 0.3) is 0 Å². The van der Waals surface area contributed by atoms with Crippen molar-refractivity contribution in [3.05, 3.63) is 29.7 Å². The van der Waals surface area contributed by atoms with Crippen LogP contribution in [0.4, 0.5) is 0 Å². The summed E-state index contributed by atoms with van der Waals surface area (Å²) in [6, 6.07) is 3.90. The molecule has 21 heavy (non-hydrogen) atoms. The van der Waals surface area contributed by atoms with Crippen molar-refractivity contribution in [2.45, 2.75) is 44.6 Å². The summed E-state index contributed by atoms with van der Waals surface area (Å²) < 4.78 is 5.76. The van der Waals surface area contributed by atoms with Crippen molar-refractivity contribution in [3.8, 4) is 0 Å². The van der Waals surface area contributed by atoms with Crippen LogP contribution in [0.5, 0.6) is 0 Å². The lowest BCUT2D eigenvalue weighted by Crippen LogP contribution is -2.44. The first kappa shape index (κ1) is 14.4. The zero-order chi connectivity index (χ0) is 14.8. The van der Waals surface area contributed by atoms with Gasteiger partial charge >= 0.3 is 0 Å². The van der Waals surface area contributed by atoms with E-state index < -0.39 is 0 Å². The first-order valence-corrected chi connectivity index (χ1v) is 7.88. The van der Waals surface area contributed by atoms with E-state index in [0.29, 0.717) is 11.8 Å². The fourth-order valence-electron chi connectivity index (χ4n) is 3.11. The first-order valence-electron chi connectivity index (χ1n) is 7.88. The summed E-state index contributed by atoms with van der Waals surface area (Å²) in [5.74, 6) is 3.00. The highest BCUT2D eigenvalue weighted by Gasteiger charge is 2.36. The lowest BCUT2D eigenvalue weighted by atomic mass is 10.0. The van der Waals surface area contributed by atoms with E-state index in [9.17, 15) is 9.90 Å². The molecule has 3 rings (SSSR count). The standard InChI is InChI=1S/C17H23NO3/c1-12-10-15(12)16-7-5-14(21-16)6-8-17(20)18-9-3-2-4-13(18)11-19/h5-8,12-13,15,19H,2-4,9-11H2,1H3/b8-6+. The van der Waals surface area contributed by atoms with Gasteiger partial charge in [-0.3, -0.25) is 4.79 Å². The second-order valence-corrected chi connectivity index (χ2v) is 6.26. The second-order valence-electron chi connectivity index (χ2n) is 6.26. The number of piperidine rings is 1. The lowest BCUT2D eigenvalue weighted by molar-refractivity contribution is -0.130. The van der Waals surface area contributed by atoms with E-state index in [0.717, 1.165) is 37.3 Å². The summed E-state index contributed by atoms with van der Waals surface area (Å²) in [5.41, 5.74) is 0. The van der Waals surface area contributed by atoms with E-state index in [1.165, 1.54) is 6.42 Å². The minimum Gasteiger partial charge on any atom is -0.461 e. The topological polar surface area (TPSA) is 53.7 Å². The Morgan fingerprint density at radius 3 is 3.00 bits per heavy atom. The van der Waals surface area contributed by atoms with Crippen LogP contribution in [-0.2, 0) is 4.79 Å². The molecule has 2 fully saturated rings.